The van der Waals surface area contributed by atoms with Crippen LogP contribution >= 0.6 is 0 Å². The molecule has 2 aromatic rings. The Hall–Kier alpha value is -3.80. The summed E-state index contributed by atoms with van der Waals surface area (Å²) in [5.41, 5.74) is 1.15. The van der Waals surface area contributed by atoms with E-state index in [0.29, 0.717) is 41.1 Å². The first kappa shape index (κ1) is 31.4. The first-order valence-corrected chi connectivity index (χ1v) is 12.8. The number of ether oxygens (including phenoxy) is 1. The third kappa shape index (κ3) is 9.78. The second-order valence-corrected chi connectivity index (χ2v) is 10.4. The van der Waals surface area contributed by atoms with Crippen molar-refractivity contribution in [3.8, 4) is 17.2 Å². The molecule has 0 saturated heterocycles. The molecular formula is C27H39N5O7. The Morgan fingerprint density at radius 3 is 2.36 bits per heavy atom. The molecule has 1 unspecified atom stereocenters. The summed E-state index contributed by atoms with van der Waals surface area (Å²) in [5, 5.41) is 18.4. The van der Waals surface area contributed by atoms with E-state index in [0.717, 1.165) is 0 Å². The zero-order valence-electron chi connectivity index (χ0n) is 23.6. The molecule has 0 spiro atoms. The van der Waals surface area contributed by atoms with E-state index in [1.807, 2.05) is 13.8 Å². The summed E-state index contributed by atoms with van der Waals surface area (Å²) < 4.78 is 10.6. The quantitative estimate of drug-likeness (QED) is 0.301. The van der Waals surface area contributed by atoms with Crippen LogP contribution in [-0.4, -0.2) is 83.0 Å². The minimum absolute atomic E-state index is 0.00911. The molecule has 0 bridgehead atoms. The maximum Gasteiger partial charge on any atom is 0.305 e. The lowest BCUT2D eigenvalue weighted by Gasteiger charge is -2.26. The molecule has 1 heterocycles. The van der Waals surface area contributed by atoms with Crippen molar-refractivity contribution in [2.24, 2.45) is 11.8 Å². The van der Waals surface area contributed by atoms with Crippen LogP contribution in [-0.2, 0) is 25.6 Å². The van der Waals surface area contributed by atoms with Crippen LogP contribution in [0.1, 0.15) is 45.5 Å². The maximum atomic E-state index is 13.2. The number of rotatable bonds is 15. The molecule has 0 aliphatic carbocycles. The van der Waals surface area contributed by atoms with Crippen LogP contribution in [0.25, 0.3) is 11.5 Å². The Kier molecular flexibility index (Phi) is 11.6. The van der Waals surface area contributed by atoms with Crippen molar-refractivity contribution in [2.45, 2.75) is 59.5 Å². The van der Waals surface area contributed by atoms with E-state index < -0.39 is 42.1 Å². The molecule has 0 fully saturated rings. The first-order valence-electron chi connectivity index (χ1n) is 12.8. The Balaban J connectivity index is 2.15. The molecule has 0 aliphatic heterocycles. The van der Waals surface area contributed by atoms with Crippen LogP contribution < -0.4 is 15.4 Å². The Morgan fingerprint density at radius 1 is 1.13 bits per heavy atom. The van der Waals surface area contributed by atoms with E-state index in [1.54, 1.807) is 50.9 Å². The number of nitrogens with one attached hydrogen (secondary N) is 2. The fourth-order valence-electron chi connectivity index (χ4n) is 4.14. The number of carboxylic acids is 1. The number of carbonyl (C=O) groups excluding carboxylic acids is 3. The van der Waals surface area contributed by atoms with Gasteiger partial charge >= 0.3 is 5.97 Å². The highest BCUT2D eigenvalue weighted by Gasteiger charge is 2.30. The summed E-state index contributed by atoms with van der Waals surface area (Å²) in [6, 6.07) is 2.89. The molecule has 12 nitrogen and oxygen atoms in total. The van der Waals surface area contributed by atoms with Crippen molar-refractivity contribution in [3.05, 3.63) is 29.6 Å². The normalized spacial score (nSPS) is 12.9. The summed E-state index contributed by atoms with van der Waals surface area (Å²) in [6.45, 7) is 9.82. The molecule has 2 rings (SSSR count). The third-order valence-electron chi connectivity index (χ3n) is 5.86. The second-order valence-electron chi connectivity index (χ2n) is 10.4. The van der Waals surface area contributed by atoms with Crippen molar-refractivity contribution in [2.75, 3.05) is 27.2 Å². The number of hydrogen-bond donors (Lipinski definition) is 3. The molecule has 0 saturated carbocycles. The predicted octanol–water partition coefficient (Wildman–Crippen LogP) is 1.85. The number of aryl methyl sites for hydroxylation is 1. The van der Waals surface area contributed by atoms with Crippen LogP contribution in [0.2, 0.25) is 0 Å². The van der Waals surface area contributed by atoms with E-state index in [-0.39, 0.29) is 18.9 Å². The van der Waals surface area contributed by atoms with E-state index in [2.05, 4.69) is 20.8 Å². The molecule has 39 heavy (non-hydrogen) atoms. The summed E-state index contributed by atoms with van der Waals surface area (Å²) in [4.78, 5) is 56.4. The molecule has 2 amide bonds. The number of likely N-dealkylation sites (N-methyl/N-ethyl adjacent to an activating group) is 1. The zero-order chi connectivity index (χ0) is 29.3. The van der Waals surface area contributed by atoms with Gasteiger partial charge in [-0.05, 0) is 44.0 Å². The van der Waals surface area contributed by atoms with Gasteiger partial charge in [-0.1, -0.05) is 32.9 Å². The number of ketones is 1. The van der Waals surface area contributed by atoms with Gasteiger partial charge in [0.25, 0.3) is 5.89 Å². The summed E-state index contributed by atoms with van der Waals surface area (Å²) in [7, 11) is 3.24. The van der Waals surface area contributed by atoms with Crippen molar-refractivity contribution in [1.29, 1.82) is 0 Å². The minimum Gasteiger partial charge on any atom is -0.496 e. The lowest BCUT2D eigenvalue weighted by Crippen LogP contribution is -2.55. The van der Waals surface area contributed by atoms with E-state index in [9.17, 15) is 24.3 Å². The molecule has 0 radical (unpaired) electrons. The summed E-state index contributed by atoms with van der Waals surface area (Å²) in [5.74, 6) is -1.52. The summed E-state index contributed by atoms with van der Waals surface area (Å²) >= 11 is 0. The lowest BCUT2D eigenvalue weighted by atomic mass is 10.0. The zero-order valence-corrected chi connectivity index (χ0v) is 23.6. The number of methoxy groups -OCH3 is 1. The van der Waals surface area contributed by atoms with E-state index in [4.69, 9.17) is 9.26 Å². The molecule has 214 valence electrons. The maximum absolute atomic E-state index is 13.2. The number of nitrogens with zero attached hydrogens (tertiary/aromatic N) is 3. The second kappa shape index (κ2) is 14.4. The largest absolute Gasteiger partial charge is 0.496 e. The van der Waals surface area contributed by atoms with Crippen LogP contribution in [0.3, 0.4) is 0 Å². The third-order valence-corrected chi connectivity index (χ3v) is 5.86. The monoisotopic (exact) mass is 545 g/mol. The van der Waals surface area contributed by atoms with Crippen LogP contribution in [0.15, 0.2) is 22.7 Å². The molecule has 2 atom stereocenters. The molecule has 0 aliphatic rings. The smallest absolute Gasteiger partial charge is 0.305 e. The molecule has 3 N–H and O–H groups in total. The van der Waals surface area contributed by atoms with Crippen LogP contribution in [0.4, 0.5) is 0 Å². The van der Waals surface area contributed by atoms with Gasteiger partial charge < -0.3 is 25.0 Å². The van der Waals surface area contributed by atoms with E-state index in [1.165, 1.54) is 7.11 Å². The van der Waals surface area contributed by atoms with Crippen LogP contribution in [0.5, 0.6) is 5.75 Å². The van der Waals surface area contributed by atoms with Gasteiger partial charge in [-0.2, -0.15) is 4.98 Å². The van der Waals surface area contributed by atoms with Gasteiger partial charge in [0, 0.05) is 17.7 Å². The molecule has 1 aromatic carbocycles. The number of aliphatic carboxylic acids is 1. The van der Waals surface area contributed by atoms with Crippen molar-refractivity contribution >= 4 is 23.6 Å². The number of aromatic nitrogens is 2. The highest BCUT2D eigenvalue weighted by molar-refractivity contribution is 5.95. The molecule has 12 heteroatoms. The van der Waals surface area contributed by atoms with Crippen molar-refractivity contribution in [3.63, 3.8) is 0 Å². The standard InChI is InChI=1S/C27H39N5O7/c1-15(2)13-32(6)14-21(33)20(12-24(35)36)29-26(37)25(16(3)4)30-23(34)11-19-10-18(8-9-22(19)38-7)27-28-17(5)31-39-27/h8-10,15-16,20,25H,11-14H2,1-7H3,(H,29,37)(H,30,34)(H,35,36)/t20?,25-/m0/s1. The number of hydrogen-bond acceptors (Lipinski definition) is 9. The van der Waals surface area contributed by atoms with Crippen LogP contribution in [0, 0.1) is 18.8 Å². The topological polar surface area (TPSA) is 164 Å². The van der Waals surface area contributed by atoms with Gasteiger partial charge in [0.2, 0.25) is 11.8 Å². The number of carboxylic acid groups (broad SMARTS) is 1. The van der Waals surface area contributed by atoms with Gasteiger partial charge in [-0.15, -0.1) is 0 Å². The van der Waals surface area contributed by atoms with Gasteiger partial charge in [-0.25, -0.2) is 0 Å². The van der Waals surface area contributed by atoms with Gasteiger partial charge in [0.05, 0.1) is 32.5 Å². The van der Waals surface area contributed by atoms with Gasteiger partial charge in [0.1, 0.15) is 11.8 Å². The minimum atomic E-state index is -1.22. The highest BCUT2D eigenvalue weighted by Crippen LogP contribution is 2.26. The number of carbonyl (C=O) groups is 4. The fraction of sp³-hybridized carbons (Fsp3) is 0.556. The number of benzene rings is 1. The number of amides is 2. The Morgan fingerprint density at radius 2 is 1.82 bits per heavy atom. The average Bonchev–Trinajstić information content (AvgIpc) is 3.27. The predicted molar refractivity (Wildman–Crippen MR) is 143 cm³/mol. The van der Waals surface area contributed by atoms with Gasteiger partial charge in [-0.3, -0.25) is 24.1 Å². The summed E-state index contributed by atoms with van der Waals surface area (Å²) in [6.07, 6.45) is -0.671. The van der Waals surface area contributed by atoms with Crippen molar-refractivity contribution < 1.29 is 33.5 Å². The lowest BCUT2D eigenvalue weighted by molar-refractivity contribution is -0.141. The Labute approximate surface area is 228 Å². The van der Waals surface area contributed by atoms with E-state index >= 15 is 0 Å². The fourth-order valence-corrected chi connectivity index (χ4v) is 4.14. The first-order chi connectivity index (χ1) is 18.3. The SMILES string of the molecule is COc1ccc(-c2nc(C)no2)cc1CC(=O)N[C@H](C(=O)NC(CC(=O)O)C(=O)CN(C)CC(C)C)C(C)C. The average molecular weight is 546 g/mol. The van der Waals surface area contributed by atoms with Gasteiger partial charge in [0.15, 0.2) is 11.6 Å². The molecular weight excluding hydrogens is 506 g/mol. The van der Waals surface area contributed by atoms with Crippen molar-refractivity contribution in [1.82, 2.24) is 25.7 Å². The molecule has 1 aromatic heterocycles. The Bertz CT molecular complexity index is 1160. The highest BCUT2D eigenvalue weighted by atomic mass is 16.5. The number of Topliss-reactive ketones (excluding diaryl/α,β-unsaturated/α-hetero) is 1.